The zero-order valence-corrected chi connectivity index (χ0v) is 18.7. The van der Waals surface area contributed by atoms with Crippen LogP contribution in [0.25, 0.3) is 0 Å². The SMILES string of the molecule is O=C(N[C@H](CO)c1ccc(F)c(Cl)c1)N1CCc2cnc(Nc3ccc(F)c(Cl)c3)nc2C1. The summed E-state index contributed by atoms with van der Waals surface area (Å²) in [7, 11) is 0. The molecule has 0 spiro atoms. The summed E-state index contributed by atoms with van der Waals surface area (Å²) in [6, 6.07) is 7.04. The van der Waals surface area contributed by atoms with Crippen molar-refractivity contribution in [2.24, 2.45) is 0 Å². The number of aromatic nitrogens is 2. The van der Waals surface area contributed by atoms with E-state index in [4.69, 9.17) is 23.2 Å². The molecule has 1 aromatic heterocycles. The van der Waals surface area contributed by atoms with E-state index in [0.29, 0.717) is 29.9 Å². The van der Waals surface area contributed by atoms with Crippen molar-refractivity contribution >= 4 is 40.9 Å². The van der Waals surface area contributed by atoms with Crippen LogP contribution in [0.1, 0.15) is 22.9 Å². The molecule has 3 N–H and O–H groups in total. The molecule has 2 amide bonds. The number of hydrogen-bond donors (Lipinski definition) is 3. The van der Waals surface area contributed by atoms with Crippen molar-refractivity contribution in [3.63, 3.8) is 0 Å². The van der Waals surface area contributed by atoms with Crippen molar-refractivity contribution < 1.29 is 18.7 Å². The van der Waals surface area contributed by atoms with Gasteiger partial charge in [0.1, 0.15) is 11.6 Å². The molecule has 2 aromatic carbocycles. The van der Waals surface area contributed by atoms with Gasteiger partial charge in [-0.2, -0.15) is 0 Å². The number of fused-ring (bicyclic) bond motifs is 1. The number of urea groups is 1. The fourth-order valence-electron chi connectivity index (χ4n) is 3.44. The van der Waals surface area contributed by atoms with Crippen molar-refractivity contribution in [3.05, 3.63) is 81.1 Å². The monoisotopic (exact) mass is 493 g/mol. The summed E-state index contributed by atoms with van der Waals surface area (Å²) in [5, 5.41) is 15.3. The first-order valence-electron chi connectivity index (χ1n) is 10.0. The van der Waals surface area contributed by atoms with Crippen LogP contribution in [0.15, 0.2) is 42.6 Å². The Morgan fingerprint density at radius 2 is 1.88 bits per heavy atom. The Morgan fingerprint density at radius 3 is 2.58 bits per heavy atom. The lowest BCUT2D eigenvalue weighted by Gasteiger charge is -2.30. The highest BCUT2D eigenvalue weighted by atomic mass is 35.5. The molecule has 0 saturated heterocycles. The van der Waals surface area contributed by atoms with E-state index in [2.05, 4.69) is 20.6 Å². The van der Waals surface area contributed by atoms with Crippen LogP contribution in [-0.2, 0) is 13.0 Å². The van der Waals surface area contributed by atoms with E-state index in [1.54, 1.807) is 11.1 Å². The van der Waals surface area contributed by atoms with E-state index in [1.807, 2.05) is 0 Å². The van der Waals surface area contributed by atoms with Crippen molar-refractivity contribution in [1.82, 2.24) is 20.2 Å². The lowest BCUT2D eigenvalue weighted by atomic mass is 10.1. The van der Waals surface area contributed by atoms with Gasteiger partial charge in [0.2, 0.25) is 5.95 Å². The minimum Gasteiger partial charge on any atom is -0.394 e. The quantitative estimate of drug-likeness (QED) is 0.482. The van der Waals surface area contributed by atoms with E-state index < -0.39 is 23.7 Å². The number of halogens is 4. The number of hydrogen-bond acceptors (Lipinski definition) is 5. The van der Waals surface area contributed by atoms with E-state index in [1.165, 1.54) is 36.4 Å². The fraction of sp³-hybridized carbons (Fsp3) is 0.227. The molecule has 1 atom stereocenters. The second kappa shape index (κ2) is 9.86. The first-order valence-corrected chi connectivity index (χ1v) is 10.8. The smallest absolute Gasteiger partial charge is 0.318 e. The summed E-state index contributed by atoms with van der Waals surface area (Å²) in [5.41, 5.74) is 2.58. The summed E-state index contributed by atoms with van der Waals surface area (Å²) in [6.07, 6.45) is 2.24. The molecule has 0 aliphatic carbocycles. The highest BCUT2D eigenvalue weighted by molar-refractivity contribution is 6.31. The van der Waals surface area contributed by atoms with Gasteiger partial charge in [0, 0.05) is 18.4 Å². The van der Waals surface area contributed by atoms with Crippen LogP contribution in [0, 0.1) is 11.6 Å². The average Bonchev–Trinajstić information content (AvgIpc) is 2.81. The van der Waals surface area contributed by atoms with Gasteiger partial charge >= 0.3 is 6.03 Å². The van der Waals surface area contributed by atoms with E-state index in [0.717, 1.165) is 5.56 Å². The Balaban J connectivity index is 1.45. The third-order valence-electron chi connectivity index (χ3n) is 5.24. The Bertz CT molecular complexity index is 1200. The Kier molecular flexibility index (Phi) is 6.92. The van der Waals surface area contributed by atoms with Gasteiger partial charge in [0.25, 0.3) is 0 Å². The van der Waals surface area contributed by atoms with Crippen LogP contribution in [-0.4, -0.2) is 39.2 Å². The van der Waals surface area contributed by atoms with Gasteiger partial charge in [-0.3, -0.25) is 0 Å². The molecule has 3 aromatic rings. The van der Waals surface area contributed by atoms with Crippen LogP contribution in [0.2, 0.25) is 10.0 Å². The molecule has 11 heteroatoms. The van der Waals surface area contributed by atoms with Crippen molar-refractivity contribution in [2.75, 3.05) is 18.5 Å². The highest BCUT2D eigenvalue weighted by Gasteiger charge is 2.25. The maximum absolute atomic E-state index is 13.4. The maximum Gasteiger partial charge on any atom is 0.318 e. The number of amides is 2. The molecule has 33 heavy (non-hydrogen) atoms. The molecule has 0 fully saturated rings. The first-order chi connectivity index (χ1) is 15.8. The lowest BCUT2D eigenvalue weighted by Crippen LogP contribution is -2.45. The largest absolute Gasteiger partial charge is 0.394 e. The minimum atomic E-state index is -0.747. The standard InChI is InChI=1S/C22H19Cl2F2N5O2/c23-15-7-12(1-3-17(15)25)20(11-32)30-22(33)31-6-5-13-9-27-21(29-19(13)10-31)28-14-2-4-18(26)16(24)8-14/h1-4,7-9,20,32H,5-6,10-11H2,(H,30,33)(H,27,28,29)/t20-/m1/s1. The number of rotatable bonds is 5. The highest BCUT2D eigenvalue weighted by Crippen LogP contribution is 2.24. The summed E-state index contributed by atoms with van der Waals surface area (Å²) >= 11 is 11.6. The number of carbonyl (C=O) groups is 1. The molecule has 7 nitrogen and oxygen atoms in total. The predicted molar refractivity (Wildman–Crippen MR) is 121 cm³/mol. The fourth-order valence-corrected chi connectivity index (χ4v) is 3.81. The van der Waals surface area contributed by atoms with Gasteiger partial charge in [-0.05, 0) is 47.9 Å². The van der Waals surface area contributed by atoms with Gasteiger partial charge < -0.3 is 20.6 Å². The van der Waals surface area contributed by atoms with Gasteiger partial charge in [-0.1, -0.05) is 29.3 Å². The normalized spacial score (nSPS) is 13.9. The molecule has 4 rings (SSSR count). The zero-order valence-electron chi connectivity index (χ0n) is 17.2. The number of anilines is 2. The number of benzene rings is 2. The second-order valence-electron chi connectivity index (χ2n) is 7.45. The lowest BCUT2D eigenvalue weighted by molar-refractivity contribution is 0.176. The Hall–Kier alpha value is -3.01. The topological polar surface area (TPSA) is 90.4 Å². The van der Waals surface area contributed by atoms with Crippen LogP contribution in [0.5, 0.6) is 0 Å². The molecule has 0 radical (unpaired) electrons. The molecule has 172 valence electrons. The maximum atomic E-state index is 13.4. The van der Waals surface area contributed by atoms with Gasteiger partial charge in [-0.15, -0.1) is 0 Å². The first kappa shape index (κ1) is 23.2. The number of carbonyl (C=O) groups excluding carboxylic acids is 1. The van der Waals surface area contributed by atoms with E-state index in [-0.39, 0.29) is 29.1 Å². The third kappa shape index (κ3) is 5.32. The molecular weight excluding hydrogens is 475 g/mol. The van der Waals surface area contributed by atoms with Crippen molar-refractivity contribution in [1.29, 1.82) is 0 Å². The average molecular weight is 494 g/mol. The molecule has 0 unspecified atom stereocenters. The Morgan fingerprint density at radius 1 is 1.15 bits per heavy atom. The summed E-state index contributed by atoms with van der Waals surface area (Å²) in [6.45, 7) is 0.282. The minimum absolute atomic E-state index is 0.0262. The number of aliphatic hydroxyl groups is 1. The van der Waals surface area contributed by atoms with Crippen LogP contribution in [0.3, 0.4) is 0 Å². The number of nitrogens with one attached hydrogen (secondary N) is 2. The van der Waals surface area contributed by atoms with Crippen molar-refractivity contribution in [2.45, 2.75) is 19.0 Å². The number of aliphatic hydroxyl groups excluding tert-OH is 1. The van der Waals surface area contributed by atoms with Gasteiger partial charge in [0.05, 0.1) is 34.9 Å². The van der Waals surface area contributed by atoms with Crippen molar-refractivity contribution in [3.8, 4) is 0 Å². The third-order valence-corrected chi connectivity index (χ3v) is 5.81. The second-order valence-corrected chi connectivity index (χ2v) is 8.26. The Labute approximate surface area is 198 Å². The van der Waals surface area contributed by atoms with E-state index in [9.17, 15) is 18.7 Å². The molecule has 0 bridgehead atoms. The van der Waals surface area contributed by atoms with Gasteiger partial charge in [0.15, 0.2) is 0 Å². The molecule has 1 aliphatic rings. The van der Waals surface area contributed by atoms with Crippen LogP contribution >= 0.6 is 23.2 Å². The summed E-state index contributed by atoms with van der Waals surface area (Å²) < 4.78 is 26.8. The van der Waals surface area contributed by atoms with E-state index >= 15 is 0 Å². The predicted octanol–water partition coefficient (Wildman–Crippen LogP) is 4.61. The zero-order chi connectivity index (χ0) is 23.5. The van der Waals surface area contributed by atoms with Crippen LogP contribution in [0.4, 0.5) is 25.2 Å². The molecule has 0 saturated carbocycles. The summed E-state index contributed by atoms with van der Waals surface area (Å²) in [5.74, 6) is -0.824. The van der Waals surface area contributed by atoms with Gasteiger partial charge in [-0.25, -0.2) is 23.5 Å². The number of nitrogens with zero attached hydrogens (tertiary/aromatic N) is 3. The molecule has 1 aliphatic heterocycles. The van der Waals surface area contributed by atoms with Crippen LogP contribution < -0.4 is 10.6 Å². The summed E-state index contributed by atoms with van der Waals surface area (Å²) in [4.78, 5) is 23.1. The molecule has 2 heterocycles. The molecular formula is C22H19Cl2F2N5O2.